The predicted octanol–water partition coefficient (Wildman–Crippen LogP) is 3.51. The average molecular weight is 758 g/mol. The molecule has 2 aliphatic heterocycles. The van der Waals surface area contributed by atoms with Crippen LogP contribution in [0.1, 0.15) is 60.5 Å². The van der Waals surface area contributed by atoms with E-state index in [-0.39, 0.29) is 44.5 Å². The Balaban J connectivity index is 1.39. The Labute approximate surface area is 321 Å². The molecule has 55 heavy (non-hydrogen) atoms. The summed E-state index contributed by atoms with van der Waals surface area (Å²) < 4.78 is 22.6. The van der Waals surface area contributed by atoms with E-state index in [1.165, 1.54) is 19.1 Å². The van der Waals surface area contributed by atoms with Gasteiger partial charge in [0.2, 0.25) is 23.6 Å². The summed E-state index contributed by atoms with van der Waals surface area (Å²) in [5.74, 6) is -0.391. The Hall–Kier alpha value is -5.63. The van der Waals surface area contributed by atoms with Crippen LogP contribution in [0.4, 0.5) is 0 Å². The molecule has 4 bridgehead atoms. The quantitative estimate of drug-likeness (QED) is 0.251. The lowest BCUT2D eigenvalue weighted by Crippen LogP contribution is -2.54. The van der Waals surface area contributed by atoms with Crippen LogP contribution in [0, 0.1) is 5.41 Å². The van der Waals surface area contributed by atoms with Gasteiger partial charge in [-0.25, -0.2) is 0 Å². The third-order valence-electron chi connectivity index (χ3n) is 9.82. The van der Waals surface area contributed by atoms with Crippen LogP contribution in [-0.2, 0) is 36.9 Å². The molecule has 0 spiro atoms. The zero-order valence-electron chi connectivity index (χ0n) is 31.9. The van der Waals surface area contributed by atoms with Crippen molar-refractivity contribution in [2.24, 2.45) is 5.41 Å². The standard InChI is InChI=1S/C41H51N5O9/c1-27-37(48)43-24-30-13-15-31(23-34(30)54-4)55-35-22-29(14-17-33(35)53-3)38(49)42-20-8-9-21-46(40(51)41(18-19-41)26-52-2)25-36(47)45-32(39(50)44-27)16-12-28-10-6-5-7-11-28/h5-7,10-11,13-15,17,22-23,27,32H,8-9,12,16,18-21,24-26H2,1-4H3,(H,42,49)(H,43,48)(H,44,50)(H,45,47)/t27-,32-/m0/s1. The first kappa shape index (κ1) is 40.6. The highest BCUT2D eigenvalue weighted by Gasteiger charge is 2.52. The van der Waals surface area contributed by atoms with Crippen LogP contribution in [0.3, 0.4) is 0 Å². The van der Waals surface area contributed by atoms with E-state index in [1.807, 2.05) is 30.3 Å². The van der Waals surface area contributed by atoms with Gasteiger partial charge < -0.3 is 45.1 Å². The molecular weight excluding hydrogens is 706 g/mol. The molecule has 0 saturated heterocycles. The Morgan fingerprint density at radius 3 is 2.35 bits per heavy atom. The third-order valence-corrected chi connectivity index (χ3v) is 9.82. The van der Waals surface area contributed by atoms with Gasteiger partial charge in [-0.2, -0.15) is 0 Å². The van der Waals surface area contributed by atoms with Crippen molar-refractivity contribution in [3.63, 3.8) is 0 Å². The second-order valence-corrected chi connectivity index (χ2v) is 13.9. The van der Waals surface area contributed by atoms with E-state index in [4.69, 9.17) is 18.9 Å². The van der Waals surface area contributed by atoms with Gasteiger partial charge in [0.15, 0.2) is 11.5 Å². The van der Waals surface area contributed by atoms with Crippen LogP contribution in [0.2, 0.25) is 0 Å². The topological polar surface area (TPSA) is 174 Å². The van der Waals surface area contributed by atoms with Crippen LogP contribution >= 0.6 is 0 Å². The van der Waals surface area contributed by atoms with Crippen LogP contribution in [0.5, 0.6) is 23.0 Å². The van der Waals surface area contributed by atoms with Crippen molar-refractivity contribution in [3.8, 4) is 23.0 Å². The molecule has 0 unspecified atom stereocenters. The van der Waals surface area contributed by atoms with Crippen LogP contribution in [0.25, 0.3) is 0 Å². The van der Waals surface area contributed by atoms with Gasteiger partial charge in [0.1, 0.15) is 23.6 Å². The minimum Gasteiger partial charge on any atom is -0.496 e. The molecule has 0 aromatic heterocycles. The fraction of sp³-hybridized carbons (Fsp3) is 0.439. The molecule has 0 radical (unpaired) electrons. The number of ether oxygens (including phenoxy) is 4. The maximum atomic E-state index is 13.8. The number of carbonyl (C=O) groups is 5. The number of fused-ring (bicyclic) bond motifs is 18. The van der Waals surface area contributed by atoms with Crippen LogP contribution in [0.15, 0.2) is 66.7 Å². The fourth-order valence-corrected chi connectivity index (χ4v) is 6.48. The number of amides is 5. The van der Waals surface area contributed by atoms with Gasteiger partial charge in [-0.3, -0.25) is 24.0 Å². The number of hydrogen-bond acceptors (Lipinski definition) is 9. The molecular formula is C41H51N5O9. The predicted molar refractivity (Wildman–Crippen MR) is 204 cm³/mol. The lowest BCUT2D eigenvalue weighted by molar-refractivity contribution is -0.143. The van der Waals surface area contributed by atoms with Crippen molar-refractivity contribution < 1.29 is 42.9 Å². The van der Waals surface area contributed by atoms with Crippen molar-refractivity contribution in [1.82, 2.24) is 26.2 Å². The molecule has 3 aliphatic rings. The first-order chi connectivity index (χ1) is 26.5. The molecule has 1 fully saturated rings. The summed E-state index contributed by atoms with van der Waals surface area (Å²) >= 11 is 0. The molecule has 1 aliphatic carbocycles. The SMILES string of the molecule is COCC1(C(=O)N2CCCCNC(=O)c3ccc(OC)c(c3)Oc3ccc(c(OC)c3)CNC(=O)[C@H](C)NC(=O)[C@H](CCc3ccccc3)NC(=O)C2)CC1. The summed E-state index contributed by atoms with van der Waals surface area (Å²) in [4.78, 5) is 69.1. The largest absolute Gasteiger partial charge is 0.496 e. The zero-order valence-corrected chi connectivity index (χ0v) is 31.9. The van der Waals surface area contributed by atoms with Gasteiger partial charge in [0, 0.05) is 43.9 Å². The number of aryl methyl sites for hydroxylation is 1. The van der Waals surface area contributed by atoms with E-state index in [1.54, 1.807) is 50.4 Å². The fourth-order valence-electron chi connectivity index (χ4n) is 6.48. The molecule has 3 aromatic rings. The monoisotopic (exact) mass is 757 g/mol. The van der Waals surface area contributed by atoms with Gasteiger partial charge in [0.05, 0.1) is 32.8 Å². The molecule has 1 saturated carbocycles. The lowest BCUT2D eigenvalue weighted by atomic mass is 10.0. The Morgan fingerprint density at radius 1 is 0.873 bits per heavy atom. The molecule has 4 N–H and O–H groups in total. The van der Waals surface area contributed by atoms with Crippen molar-refractivity contribution >= 4 is 29.5 Å². The summed E-state index contributed by atoms with van der Waals surface area (Å²) in [6, 6.07) is 17.6. The highest BCUT2D eigenvalue weighted by atomic mass is 16.5. The van der Waals surface area contributed by atoms with E-state index >= 15 is 0 Å². The van der Waals surface area contributed by atoms with Crippen LogP contribution < -0.4 is 35.5 Å². The molecule has 3 aromatic carbocycles. The third kappa shape index (κ3) is 11.0. The number of nitrogens with one attached hydrogen (secondary N) is 4. The minimum atomic E-state index is -0.984. The second kappa shape index (κ2) is 19.1. The van der Waals surface area contributed by atoms with Gasteiger partial charge in [-0.15, -0.1) is 0 Å². The maximum Gasteiger partial charge on any atom is 0.251 e. The van der Waals surface area contributed by atoms with E-state index in [0.29, 0.717) is 72.8 Å². The van der Waals surface area contributed by atoms with Crippen LogP contribution in [-0.4, -0.2) is 94.1 Å². The van der Waals surface area contributed by atoms with Crippen molar-refractivity contribution in [1.29, 1.82) is 0 Å². The van der Waals surface area contributed by atoms with Gasteiger partial charge in [0.25, 0.3) is 5.91 Å². The number of benzene rings is 3. The number of methoxy groups -OCH3 is 3. The first-order valence-corrected chi connectivity index (χ1v) is 18.6. The molecule has 2 atom stereocenters. The molecule has 2 heterocycles. The van der Waals surface area contributed by atoms with E-state index in [2.05, 4.69) is 21.3 Å². The number of hydrogen-bond donors (Lipinski definition) is 4. The van der Waals surface area contributed by atoms with Crippen molar-refractivity contribution in [2.75, 3.05) is 47.6 Å². The minimum absolute atomic E-state index is 0.0874. The molecule has 14 nitrogen and oxygen atoms in total. The van der Waals surface area contributed by atoms with Crippen molar-refractivity contribution in [3.05, 3.63) is 83.4 Å². The number of nitrogens with zero attached hydrogens (tertiary/aromatic N) is 1. The molecule has 294 valence electrons. The highest BCUT2D eigenvalue weighted by molar-refractivity contribution is 5.95. The Kier molecular flexibility index (Phi) is 14.1. The summed E-state index contributed by atoms with van der Waals surface area (Å²) in [5.41, 5.74) is 1.30. The van der Waals surface area contributed by atoms with Gasteiger partial charge in [-0.1, -0.05) is 30.3 Å². The lowest BCUT2D eigenvalue weighted by Gasteiger charge is -2.28. The van der Waals surface area contributed by atoms with Crippen molar-refractivity contribution in [2.45, 2.75) is 64.1 Å². The summed E-state index contributed by atoms with van der Waals surface area (Å²) in [6.45, 7) is 2.21. The van der Waals surface area contributed by atoms with E-state index in [9.17, 15) is 24.0 Å². The first-order valence-electron chi connectivity index (χ1n) is 18.6. The molecule has 5 amide bonds. The Morgan fingerprint density at radius 2 is 1.64 bits per heavy atom. The number of carbonyl (C=O) groups excluding carboxylic acids is 5. The van der Waals surface area contributed by atoms with E-state index < -0.39 is 35.2 Å². The highest BCUT2D eigenvalue weighted by Crippen LogP contribution is 2.47. The summed E-state index contributed by atoms with van der Waals surface area (Å²) in [6.07, 6.45) is 3.09. The molecule has 6 rings (SSSR count). The normalized spacial score (nSPS) is 19.7. The van der Waals surface area contributed by atoms with Gasteiger partial charge >= 0.3 is 0 Å². The zero-order chi connectivity index (χ0) is 39.4. The average Bonchev–Trinajstić information content (AvgIpc) is 3.98. The Bertz CT molecular complexity index is 1830. The van der Waals surface area contributed by atoms with Gasteiger partial charge in [-0.05, 0) is 81.3 Å². The number of rotatable bonds is 8. The summed E-state index contributed by atoms with van der Waals surface area (Å²) in [5, 5.41) is 11.4. The summed E-state index contributed by atoms with van der Waals surface area (Å²) in [7, 11) is 4.54. The second-order valence-electron chi connectivity index (χ2n) is 13.9. The smallest absolute Gasteiger partial charge is 0.251 e. The molecule has 14 heteroatoms. The van der Waals surface area contributed by atoms with E-state index in [0.717, 1.165) is 5.56 Å². The maximum absolute atomic E-state index is 13.8.